The minimum absolute atomic E-state index is 0.0131. The van der Waals surface area contributed by atoms with Crippen molar-refractivity contribution in [3.05, 3.63) is 81.6 Å². The van der Waals surface area contributed by atoms with Crippen molar-refractivity contribution in [2.24, 2.45) is 0 Å². The molecular formula is C34H33ClF2N6O4. The van der Waals surface area contributed by atoms with Gasteiger partial charge >= 0.3 is 0 Å². The van der Waals surface area contributed by atoms with Crippen LogP contribution in [0.25, 0.3) is 27.7 Å². The molecule has 2 atom stereocenters. The number of pyridine rings is 1. The molecule has 1 saturated heterocycles. The molecule has 0 bridgehead atoms. The Morgan fingerprint density at radius 1 is 1.09 bits per heavy atom. The summed E-state index contributed by atoms with van der Waals surface area (Å²) in [4.78, 5) is 53.2. The minimum Gasteiger partial charge on any atom is -0.507 e. The van der Waals surface area contributed by atoms with Gasteiger partial charge in [-0.15, -0.1) is 0 Å². The van der Waals surface area contributed by atoms with Gasteiger partial charge < -0.3 is 20.2 Å². The van der Waals surface area contributed by atoms with Crippen molar-refractivity contribution in [2.45, 2.75) is 58.5 Å². The summed E-state index contributed by atoms with van der Waals surface area (Å²) < 4.78 is 33.8. The molecule has 0 spiro atoms. The Labute approximate surface area is 274 Å². The van der Waals surface area contributed by atoms with Crippen LogP contribution in [0.4, 0.5) is 20.2 Å². The second kappa shape index (κ2) is 11.8. The lowest BCUT2D eigenvalue weighted by molar-refractivity contribution is -0.130. The summed E-state index contributed by atoms with van der Waals surface area (Å²) in [7, 11) is 0. The molecule has 244 valence electrons. The first kappa shape index (κ1) is 32.1. The molecule has 2 aliphatic heterocycles. The number of carbonyl (C=O) groups is 2. The number of halogens is 3. The smallest absolute Gasteiger partial charge is 0.281 e. The maximum Gasteiger partial charge on any atom is 0.281 e. The molecule has 0 aliphatic carbocycles. The fraction of sp³-hybridized carbons (Fsp3) is 0.324. The van der Waals surface area contributed by atoms with Crippen LogP contribution in [-0.4, -0.2) is 61.5 Å². The van der Waals surface area contributed by atoms with E-state index in [-0.39, 0.29) is 63.8 Å². The zero-order chi connectivity index (χ0) is 34.1. The Bertz CT molecular complexity index is 2020. The number of nitrogens with zero attached hydrogens (tertiary/aromatic N) is 5. The highest BCUT2D eigenvalue weighted by atomic mass is 35.5. The van der Waals surface area contributed by atoms with Crippen molar-refractivity contribution >= 4 is 45.7 Å². The Morgan fingerprint density at radius 3 is 2.34 bits per heavy atom. The molecule has 4 aromatic rings. The highest BCUT2D eigenvalue weighted by Gasteiger charge is 2.44. The number of phenolic OH excluding ortho intramolecular Hbond substituents is 1. The quantitative estimate of drug-likeness (QED) is 0.256. The Kier molecular flexibility index (Phi) is 8.03. The van der Waals surface area contributed by atoms with Gasteiger partial charge in [0, 0.05) is 23.5 Å². The molecule has 2 aromatic heterocycles. The average molecular weight is 663 g/mol. The van der Waals surface area contributed by atoms with Crippen LogP contribution in [0.3, 0.4) is 0 Å². The van der Waals surface area contributed by atoms with Crippen LogP contribution in [0, 0.1) is 11.6 Å². The van der Waals surface area contributed by atoms with Gasteiger partial charge in [0.25, 0.3) is 5.56 Å². The van der Waals surface area contributed by atoms with E-state index in [1.165, 1.54) is 35.5 Å². The van der Waals surface area contributed by atoms with Crippen LogP contribution in [0.1, 0.15) is 57.8 Å². The standard InChI is InChI=1S/C34H33ClF2N6O4/c1-7-23(45)41-13-21-33(46)40-29-31(42(21)12-17(41)6)18-11-19(35)24(25-20(36)9-8-10-22(25)44)26(37)30(18)43(34(29)47)32-27(15(2)3)38-14-39-28(32)16(4)5/h7-11,14-17,21,44H,1,12-13H2,2-6H3,(H,40,46). The monoisotopic (exact) mass is 662 g/mol. The van der Waals surface area contributed by atoms with Gasteiger partial charge in [-0.1, -0.05) is 51.9 Å². The van der Waals surface area contributed by atoms with Gasteiger partial charge in [0.2, 0.25) is 11.8 Å². The van der Waals surface area contributed by atoms with Crippen LogP contribution >= 0.6 is 11.6 Å². The maximum absolute atomic E-state index is 17.4. The Hall–Kier alpha value is -4.84. The second-order valence-corrected chi connectivity index (χ2v) is 12.9. The summed E-state index contributed by atoms with van der Waals surface area (Å²) in [5.74, 6) is -3.90. The SMILES string of the molecule is C=CC(=O)N1CC2C(=O)Nc3c(c4cc(Cl)c(-c5c(O)cccc5F)c(F)c4n(-c4c(C(C)C)ncnc4C(C)C)c3=O)N2CC1C. The normalized spacial score (nSPS) is 17.6. The van der Waals surface area contributed by atoms with Crippen molar-refractivity contribution in [1.82, 2.24) is 19.4 Å². The van der Waals surface area contributed by atoms with Gasteiger partial charge in [0.15, 0.2) is 5.82 Å². The van der Waals surface area contributed by atoms with E-state index in [1.807, 2.05) is 27.7 Å². The molecule has 4 heterocycles. The first-order valence-electron chi connectivity index (χ1n) is 15.2. The molecule has 2 unspecified atom stereocenters. The molecule has 1 fully saturated rings. The molecule has 47 heavy (non-hydrogen) atoms. The maximum atomic E-state index is 17.4. The fourth-order valence-electron chi connectivity index (χ4n) is 6.63. The summed E-state index contributed by atoms with van der Waals surface area (Å²) in [5.41, 5.74) is -0.718. The molecule has 0 radical (unpaired) electrons. The van der Waals surface area contributed by atoms with Crippen LogP contribution in [0.15, 0.2) is 48.0 Å². The van der Waals surface area contributed by atoms with Crippen LogP contribution in [0.5, 0.6) is 5.75 Å². The van der Waals surface area contributed by atoms with E-state index >= 15 is 8.78 Å². The number of carbonyl (C=O) groups excluding carboxylic acids is 2. The number of hydrogen-bond donors (Lipinski definition) is 2. The molecule has 10 nitrogen and oxygen atoms in total. The predicted molar refractivity (Wildman–Crippen MR) is 176 cm³/mol. The number of nitrogens with one attached hydrogen (secondary N) is 1. The number of rotatable bonds is 5. The molecule has 2 aromatic carbocycles. The zero-order valence-corrected chi connectivity index (χ0v) is 27.2. The third-order valence-corrected chi connectivity index (χ3v) is 9.10. The van der Waals surface area contributed by atoms with Crippen LogP contribution in [-0.2, 0) is 9.59 Å². The summed E-state index contributed by atoms with van der Waals surface area (Å²) in [6, 6.07) is 3.63. The van der Waals surface area contributed by atoms with Crippen LogP contribution in [0.2, 0.25) is 5.02 Å². The Morgan fingerprint density at radius 2 is 1.74 bits per heavy atom. The zero-order valence-electron chi connectivity index (χ0n) is 26.4. The van der Waals surface area contributed by atoms with E-state index in [0.29, 0.717) is 11.4 Å². The highest BCUT2D eigenvalue weighted by molar-refractivity contribution is 6.35. The van der Waals surface area contributed by atoms with E-state index in [2.05, 4.69) is 21.9 Å². The molecule has 0 saturated carbocycles. The largest absolute Gasteiger partial charge is 0.507 e. The van der Waals surface area contributed by atoms with E-state index < -0.39 is 52.1 Å². The van der Waals surface area contributed by atoms with E-state index in [0.717, 1.165) is 10.6 Å². The number of amides is 2. The number of hydrogen-bond acceptors (Lipinski definition) is 7. The van der Waals surface area contributed by atoms with E-state index in [4.69, 9.17) is 11.6 Å². The van der Waals surface area contributed by atoms with Gasteiger partial charge in [-0.2, -0.15) is 0 Å². The molecular weight excluding hydrogens is 630 g/mol. The van der Waals surface area contributed by atoms with E-state index in [9.17, 15) is 19.5 Å². The molecule has 13 heteroatoms. The number of anilines is 2. The summed E-state index contributed by atoms with van der Waals surface area (Å²) in [5, 5.41) is 13.3. The lowest BCUT2D eigenvalue weighted by Crippen LogP contribution is -2.64. The summed E-state index contributed by atoms with van der Waals surface area (Å²) >= 11 is 6.75. The first-order valence-corrected chi connectivity index (χ1v) is 15.6. The van der Waals surface area contributed by atoms with Crippen molar-refractivity contribution in [2.75, 3.05) is 23.3 Å². The highest BCUT2D eigenvalue weighted by Crippen LogP contribution is 2.47. The molecule has 6 rings (SSSR count). The van der Waals surface area contributed by atoms with Crippen molar-refractivity contribution < 1.29 is 23.5 Å². The van der Waals surface area contributed by atoms with Crippen molar-refractivity contribution in [3.63, 3.8) is 0 Å². The van der Waals surface area contributed by atoms with Crippen molar-refractivity contribution in [3.8, 4) is 22.6 Å². The first-order chi connectivity index (χ1) is 22.3. The topological polar surface area (TPSA) is 121 Å². The fourth-order valence-corrected chi connectivity index (χ4v) is 6.92. The van der Waals surface area contributed by atoms with E-state index in [1.54, 1.807) is 11.8 Å². The lowest BCUT2D eigenvalue weighted by Gasteiger charge is -2.48. The summed E-state index contributed by atoms with van der Waals surface area (Å²) in [6.07, 6.45) is 2.55. The molecule has 2 aliphatic rings. The minimum atomic E-state index is -1.07. The van der Waals surface area contributed by atoms with Gasteiger partial charge in [0.05, 0.1) is 45.4 Å². The van der Waals surface area contributed by atoms with Gasteiger partial charge in [-0.3, -0.25) is 19.0 Å². The molecule has 2 N–H and O–H groups in total. The number of benzene rings is 2. The van der Waals surface area contributed by atoms with Crippen molar-refractivity contribution in [1.29, 1.82) is 0 Å². The number of aromatic nitrogens is 3. The molecule has 2 amide bonds. The number of piperazine rings is 1. The predicted octanol–water partition coefficient (Wildman–Crippen LogP) is 5.88. The number of fused-ring (bicyclic) bond motifs is 5. The van der Waals surface area contributed by atoms with Gasteiger partial charge in [-0.05, 0) is 43.0 Å². The average Bonchev–Trinajstić information content (AvgIpc) is 3.02. The van der Waals surface area contributed by atoms with Gasteiger partial charge in [-0.25, -0.2) is 18.7 Å². The lowest BCUT2D eigenvalue weighted by atomic mass is 9.95. The number of aromatic hydroxyl groups is 1. The summed E-state index contributed by atoms with van der Waals surface area (Å²) in [6.45, 7) is 13.0. The number of phenols is 1. The third-order valence-electron chi connectivity index (χ3n) is 8.80. The second-order valence-electron chi connectivity index (χ2n) is 12.4. The third kappa shape index (κ3) is 4.93. The van der Waals surface area contributed by atoms with Gasteiger partial charge in [0.1, 0.15) is 29.6 Å². The Balaban J connectivity index is 1.79. The van der Waals surface area contributed by atoms with Crippen LogP contribution < -0.4 is 15.8 Å².